The number of carbonyl (C=O) groups is 2. The smallest absolute Gasteiger partial charge is 0.262 e. The molecule has 180 valence electrons. The van der Waals surface area contributed by atoms with E-state index in [1.54, 1.807) is 18.1 Å². The molecule has 2 aliphatic rings. The number of quaternary nitrogens is 1. The Kier molecular flexibility index (Phi) is 7.95. The van der Waals surface area contributed by atoms with Gasteiger partial charge in [0.15, 0.2) is 0 Å². The lowest BCUT2D eigenvalue weighted by molar-refractivity contribution is -0.912. The number of rotatable bonds is 7. The third kappa shape index (κ3) is 6.21. The molecule has 2 heterocycles. The number of fused-ring (bicyclic) bond motifs is 1. The van der Waals surface area contributed by atoms with Crippen LogP contribution in [-0.4, -0.2) is 45.1 Å². The van der Waals surface area contributed by atoms with Crippen LogP contribution in [0.15, 0.2) is 52.3 Å². The number of likely N-dealkylation sites (tertiary alicyclic amines) is 1. The van der Waals surface area contributed by atoms with E-state index in [2.05, 4.69) is 24.5 Å². The fourth-order valence-electron chi connectivity index (χ4n) is 4.92. The first-order chi connectivity index (χ1) is 16.4. The molecule has 0 aliphatic carbocycles. The summed E-state index contributed by atoms with van der Waals surface area (Å²) in [5.41, 5.74) is 2.17. The zero-order valence-corrected chi connectivity index (χ0v) is 21.0. The van der Waals surface area contributed by atoms with Crippen molar-refractivity contribution >= 4 is 35.3 Å². The van der Waals surface area contributed by atoms with Crippen molar-refractivity contribution in [2.24, 2.45) is 11.8 Å². The van der Waals surface area contributed by atoms with Crippen molar-refractivity contribution in [2.45, 2.75) is 31.6 Å². The van der Waals surface area contributed by atoms with Gasteiger partial charge in [-0.15, -0.1) is 0 Å². The first-order valence-corrected chi connectivity index (χ1v) is 12.8. The number of benzene rings is 2. The number of methoxy groups -OCH3 is 1. The van der Waals surface area contributed by atoms with Crippen molar-refractivity contribution in [1.29, 1.82) is 0 Å². The van der Waals surface area contributed by atoms with Crippen molar-refractivity contribution < 1.29 is 19.2 Å². The van der Waals surface area contributed by atoms with Crippen LogP contribution in [0.5, 0.6) is 5.75 Å². The van der Waals surface area contributed by atoms with Crippen LogP contribution in [0.2, 0.25) is 0 Å². The normalized spacial score (nSPS) is 23.2. The zero-order chi connectivity index (χ0) is 24.1. The van der Waals surface area contributed by atoms with Crippen LogP contribution in [0.1, 0.15) is 42.6 Å². The van der Waals surface area contributed by atoms with Gasteiger partial charge in [-0.3, -0.25) is 9.59 Å². The van der Waals surface area contributed by atoms with E-state index in [0.717, 1.165) is 41.0 Å². The number of thioether (sulfide) groups is 1. The molecule has 4 rings (SSSR count). The highest BCUT2D eigenvalue weighted by Crippen LogP contribution is 2.39. The summed E-state index contributed by atoms with van der Waals surface area (Å²) in [6.07, 6.45) is 4.15. The van der Waals surface area contributed by atoms with Crippen molar-refractivity contribution in [1.82, 2.24) is 5.32 Å². The van der Waals surface area contributed by atoms with Gasteiger partial charge in [-0.2, -0.15) is 0 Å². The summed E-state index contributed by atoms with van der Waals surface area (Å²) in [4.78, 5) is 28.5. The van der Waals surface area contributed by atoms with Gasteiger partial charge in [0, 0.05) is 35.3 Å². The van der Waals surface area contributed by atoms with E-state index in [4.69, 9.17) is 4.74 Å². The van der Waals surface area contributed by atoms with Crippen LogP contribution in [0.3, 0.4) is 0 Å². The van der Waals surface area contributed by atoms with Gasteiger partial charge >= 0.3 is 0 Å². The van der Waals surface area contributed by atoms with E-state index in [9.17, 15) is 9.59 Å². The molecule has 34 heavy (non-hydrogen) atoms. The lowest BCUT2D eigenvalue weighted by atomic mass is 9.92. The van der Waals surface area contributed by atoms with Gasteiger partial charge in [0.1, 0.15) is 5.75 Å². The number of ether oxygens (including phenoxy) is 1. The van der Waals surface area contributed by atoms with Crippen LogP contribution in [-0.2, 0) is 4.79 Å². The minimum absolute atomic E-state index is 0.1000. The minimum atomic E-state index is -0.168. The Labute approximate surface area is 206 Å². The second-order valence-corrected chi connectivity index (χ2v) is 10.6. The monoisotopic (exact) mass is 480 g/mol. The summed E-state index contributed by atoms with van der Waals surface area (Å²) in [5, 5.41) is 5.97. The molecule has 2 aliphatic heterocycles. The van der Waals surface area contributed by atoms with E-state index in [1.807, 2.05) is 42.5 Å². The molecule has 0 radical (unpaired) electrons. The van der Waals surface area contributed by atoms with Crippen molar-refractivity contribution in [3.8, 4) is 5.75 Å². The topological polar surface area (TPSA) is 71.9 Å². The Morgan fingerprint density at radius 3 is 2.62 bits per heavy atom. The van der Waals surface area contributed by atoms with Crippen molar-refractivity contribution in [2.75, 3.05) is 38.6 Å². The highest BCUT2D eigenvalue weighted by Gasteiger charge is 2.25. The number of anilines is 1. The van der Waals surface area contributed by atoms with Gasteiger partial charge in [0.05, 0.1) is 37.3 Å². The number of hydrogen-bond donors (Lipinski definition) is 3. The van der Waals surface area contributed by atoms with Crippen molar-refractivity contribution in [3.63, 3.8) is 0 Å². The lowest BCUT2D eigenvalue weighted by Crippen LogP contribution is -3.14. The van der Waals surface area contributed by atoms with Crippen LogP contribution >= 0.6 is 11.8 Å². The van der Waals surface area contributed by atoms with Crippen LogP contribution in [0.25, 0.3) is 6.08 Å². The largest absolute Gasteiger partial charge is 0.497 e. The quantitative estimate of drug-likeness (QED) is 0.419. The van der Waals surface area contributed by atoms with Gasteiger partial charge in [-0.25, -0.2) is 0 Å². The van der Waals surface area contributed by atoms with Gasteiger partial charge in [-0.1, -0.05) is 37.7 Å². The van der Waals surface area contributed by atoms with E-state index in [0.29, 0.717) is 22.7 Å². The third-order valence-electron chi connectivity index (χ3n) is 6.42. The summed E-state index contributed by atoms with van der Waals surface area (Å²) >= 11 is 1.41. The summed E-state index contributed by atoms with van der Waals surface area (Å²) in [6, 6.07) is 13.0. The molecule has 0 aromatic heterocycles. The molecule has 0 spiro atoms. The molecule has 2 aromatic carbocycles. The number of nitrogens with one attached hydrogen (secondary N) is 3. The van der Waals surface area contributed by atoms with Gasteiger partial charge in [0.2, 0.25) is 0 Å². The first kappa shape index (κ1) is 24.4. The molecule has 6 nitrogen and oxygen atoms in total. The van der Waals surface area contributed by atoms with Crippen LogP contribution in [0, 0.1) is 11.8 Å². The van der Waals surface area contributed by atoms with Crippen LogP contribution < -0.4 is 20.3 Å². The Morgan fingerprint density at radius 2 is 1.91 bits per heavy atom. The van der Waals surface area contributed by atoms with Crippen molar-refractivity contribution in [3.05, 3.63) is 58.5 Å². The van der Waals surface area contributed by atoms with Crippen LogP contribution in [0.4, 0.5) is 5.69 Å². The highest BCUT2D eigenvalue weighted by molar-refractivity contribution is 8.04. The molecule has 0 saturated carbocycles. The SMILES string of the molecule is COc1ccc(C=C2Sc3ccc(C(=O)NCCC[NH+]4CC(C)CC(C)C4)cc3NC2=O)cc1. The number of hydrogen-bond acceptors (Lipinski definition) is 4. The molecule has 2 atom stereocenters. The average molecular weight is 481 g/mol. The fourth-order valence-corrected chi connectivity index (χ4v) is 5.85. The number of piperidine rings is 1. The average Bonchev–Trinajstić information content (AvgIpc) is 2.82. The van der Waals surface area contributed by atoms with Gasteiger partial charge in [-0.05, 0) is 48.4 Å². The van der Waals surface area contributed by atoms with E-state index in [1.165, 1.54) is 31.3 Å². The fraction of sp³-hybridized carbons (Fsp3) is 0.407. The number of amides is 2. The predicted octanol–water partition coefficient (Wildman–Crippen LogP) is 3.46. The first-order valence-electron chi connectivity index (χ1n) is 12.0. The Morgan fingerprint density at radius 1 is 1.18 bits per heavy atom. The zero-order valence-electron chi connectivity index (χ0n) is 20.1. The molecular weight excluding hydrogens is 446 g/mol. The highest BCUT2D eigenvalue weighted by atomic mass is 32.2. The van der Waals surface area contributed by atoms with E-state index < -0.39 is 0 Å². The Balaban J connectivity index is 1.32. The molecule has 1 saturated heterocycles. The second-order valence-electron chi connectivity index (χ2n) is 9.51. The third-order valence-corrected chi connectivity index (χ3v) is 7.52. The van der Waals surface area contributed by atoms with Gasteiger partial charge < -0.3 is 20.3 Å². The molecular formula is C27H34N3O3S+. The standard InChI is InChI=1S/C27H33N3O3S/c1-18-13-19(2)17-30(16-18)12-4-11-28-26(31)21-7-10-24-23(15-21)29-27(32)25(34-24)14-20-5-8-22(33-3)9-6-20/h5-10,14-15,18-19H,4,11-13,16-17H2,1-3H3,(H,28,31)(H,29,32)/p+1. The maximum Gasteiger partial charge on any atom is 0.262 e. The molecule has 2 unspecified atom stereocenters. The Hall–Kier alpha value is -2.77. The molecule has 2 amide bonds. The summed E-state index contributed by atoms with van der Waals surface area (Å²) < 4.78 is 5.18. The summed E-state index contributed by atoms with van der Waals surface area (Å²) in [5.74, 6) is 2.07. The maximum atomic E-state index is 12.7. The predicted molar refractivity (Wildman–Crippen MR) is 137 cm³/mol. The molecule has 0 bridgehead atoms. The second kappa shape index (κ2) is 11.1. The maximum absolute atomic E-state index is 12.7. The summed E-state index contributed by atoms with van der Waals surface area (Å²) in [7, 11) is 1.63. The summed E-state index contributed by atoms with van der Waals surface area (Å²) in [6.45, 7) is 8.89. The molecule has 2 aromatic rings. The molecule has 3 N–H and O–H groups in total. The number of carbonyl (C=O) groups excluding carboxylic acids is 2. The Bertz CT molecular complexity index is 1060. The van der Waals surface area contributed by atoms with E-state index in [-0.39, 0.29) is 11.8 Å². The molecule has 7 heteroatoms. The lowest BCUT2D eigenvalue weighted by Gasteiger charge is -2.32. The van der Waals surface area contributed by atoms with Gasteiger partial charge in [0.25, 0.3) is 11.8 Å². The minimum Gasteiger partial charge on any atom is -0.497 e. The van der Waals surface area contributed by atoms with E-state index >= 15 is 0 Å². The molecule has 1 fully saturated rings.